The zero-order valence-electron chi connectivity index (χ0n) is 10.2. The number of benzene rings is 1. The van der Waals surface area contributed by atoms with Gasteiger partial charge in [0.1, 0.15) is 6.61 Å². The molecule has 0 atom stereocenters. The van der Waals surface area contributed by atoms with E-state index in [2.05, 4.69) is 10.3 Å². The first kappa shape index (κ1) is 12.6. The third kappa shape index (κ3) is 1.91. The van der Waals surface area contributed by atoms with Crippen molar-refractivity contribution in [1.82, 2.24) is 4.98 Å². The van der Waals surface area contributed by atoms with Gasteiger partial charge in [-0.1, -0.05) is 23.5 Å². The maximum atomic E-state index is 12.4. The highest BCUT2D eigenvalue weighted by Crippen LogP contribution is 2.19. The zero-order chi connectivity index (χ0) is 14.1. The molecule has 7 nitrogen and oxygen atoms in total. The third-order valence-corrected chi connectivity index (χ3v) is 3.54. The average molecular weight is 290 g/mol. The lowest BCUT2D eigenvalue weighted by Crippen LogP contribution is -2.44. The summed E-state index contributed by atoms with van der Waals surface area (Å²) >= 11 is 1.29. The smallest absolute Gasteiger partial charge is 0.357 e. The molecule has 0 saturated carbocycles. The molecule has 0 unspecified atom stereocenters. The second kappa shape index (κ2) is 4.91. The Balaban J connectivity index is 2.26. The highest BCUT2D eigenvalue weighted by atomic mass is 32.1. The Kier molecular flexibility index (Phi) is 3.09. The number of anilines is 2. The predicted molar refractivity (Wildman–Crippen MR) is 73.2 cm³/mol. The summed E-state index contributed by atoms with van der Waals surface area (Å²) in [6, 6.07) is 6.41. The minimum atomic E-state index is -0.551. The lowest BCUT2D eigenvalue weighted by Gasteiger charge is -2.14. The van der Waals surface area contributed by atoms with E-state index in [4.69, 9.17) is 0 Å². The first-order valence-corrected chi connectivity index (χ1v) is 6.64. The van der Waals surface area contributed by atoms with Crippen LogP contribution in [0.15, 0.2) is 35.8 Å². The molecule has 0 saturated heterocycles. The number of nitrogens with zero attached hydrogens (tertiary/aromatic N) is 3. The van der Waals surface area contributed by atoms with E-state index in [9.17, 15) is 15.5 Å². The number of aliphatic hydroxyl groups excluding tert-OH is 1. The molecule has 0 aliphatic rings. The van der Waals surface area contributed by atoms with Crippen LogP contribution in [0.1, 0.15) is 5.69 Å². The molecular weight excluding hydrogens is 280 g/mol. The van der Waals surface area contributed by atoms with Gasteiger partial charge in [-0.05, 0) is 6.07 Å². The van der Waals surface area contributed by atoms with E-state index in [0.717, 1.165) is 0 Å². The number of hydrogen-bond acceptors (Lipinski definition) is 6. The minimum Gasteiger partial charge on any atom is -0.710 e. The van der Waals surface area contributed by atoms with Gasteiger partial charge in [-0.25, -0.2) is 15.0 Å². The molecule has 3 rings (SSSR count). The number of nitrogens with one attached hydrogen (secondary N) is 1. The number of thiazole rings is 1. The summed E-state index contributed by atoms with van der Waals surface area (Å²) in [5.41, 5.74) is 0.379. The first-order valence-electron chi connectivity index (χ1n) is 5.76. The Morgan fingerprint density at radius 2 is 1.90 bits per heavy atom. The van der Waals surface area contributed by atoms with Crippen LogP contribution in [0.4, 0.5) is 10.9 Å². The van der Waals surface area contributed by atoms with E-state index in [0.29, 0.717) is 14.6 Å². The van der Waals surface area contributed by atoms with E-state index in [-0.39, 0.29) is 22.5 Å². The van der Waals surface area contributed by atoms with E-state index in [1.807, 2.05) is 0 Å². The summed E-state index contributed by atoms with van der Waals surface area (Å²) in [6.07, 6.45) is 1.58. The standard InChI is InChI=1S/C12H10N4O3S/c17-7-10-11(14-12-13-5-6-20-12)16(19)9-4-2-1-3-8(9)15(10)18/h1-6,17H,7H2,(H,13,14). The molecule has 2 heterocycles. The lowest BCUT2D eigenvalue weighted by atomic mass is 10.3. The van der Waals surface area contributed by atoms with E-state index >= 15 is 0 Å². The van der Waals surface area contributed by atoms with Gasteiger partial charge < -0.3 is 15.5 Å². The Morgan fingerprint density at radius 3 is 2.50 bits per heavy atom. The molecule has 8 heteroatoms. The van der Waals surface area contributed by atoms with Gasteiger partial charge >= 0.3 is 11.5 Å². The molecular formula is C12H10N4O3S. The number of rotatable bonds is 3. The predicted octanol–water partition coefficient (Wildman–Crippen LogP) is 0.799. The van der Waals surface area contributed by atoms with Crippen molar-refractivity contribution >= 4 is 33.3 Å². The van der Waals surface area contributed by atoms with Gasteiger partial charge in [0, 0.05) is 17.6 Å². The molecule has 0 spiro atoms. The number of aromatic nitrogens is 3. The van der Waals surface area contributed by atoms with Crippen molar-refractivity contribution < 1.29 is 14.6 Å². The average Bonchev–Trinajstić information content (AvgIpc) is 2.98. The summed E-state index contributed by atoms with van der Waals surface area (Å²) in [5.74, 6) is -0.0175. The fourth-order valence-corrected chi connectivity index (χ4v) is 2.46. The maximum Gasteiger partial charge on any atom is 0.357 e. The topological polar surface area (TPSA) is 99.0 Å². The van der Waals surface area contributed by atoms with Gasteiger partial charge in [0.15, 0.2) is 0 Å². The van der Waals surface area contributed by atoms with Crippen LogP contribution in [-0.2, 0) is 6.61 Å². The lowest BCUT2D eigenvalue weighted by molar-refractivity contribution is -0.626. The second-order valence-corrected chi connectivity index (χ2v) is 4.89. The molecule has 0 radical (unpaired) electrons. The van der Waals surface area contributed by atoms with Crippen molar-refractivity contribution in [2.24, 2.45) is 0 Å². The number of hydrogen-bond donors (Lipinski definition) is 2. The number of fused-ring (bicyclic) bond motifs is 1. The van der Waals surface area contributed by atoms with Crippen LogP contribution in [0.3, 0.4) is 0 Å². The summed E-state index contributed by atoms with van der Waals surface area (Å²) in [6.45, 7) is -0.551. The Morgan fingerprint density at radius 1 is 1.20 bits per heavy atom. The third-order valence-electron chi connectivity index (χ3n) is 2.85. The highest BCUT2D eigenvalue weighted by Gasteiger charge is 2.26. The highest BCUT2D eigenvalue weighted by molar-refractivity contribution is 7.13. The molecule has 0 aliphatic carbocycles. The van der Waals surface area contributed by atoms with Crippen LogP contribution >= 0.6 is 11.3 Å². The molecule has 2 N–H and O–H groups in total. The molecule has 0 amide bonds. The molecule has 20 heavy (non-hydrogen) atoms. The largest absolute Gasteiger partial charge is 0.710 e. The van der Waals surface area contributed by atoms with Gasteiger partial charge in [-0.3, -0.25) is 0 Å². The van der Waals surface area contributed by atoms with E-state index in [1.165, 1.54) is 17.4 Å². The zero-order valence-corrected chi connectivity index (χ0v) is 11.0. The number of aliphatic hydroxyl groups is 1. The van der Waals surface area contributed by atoms with Gasteiger partial charge in [0.25, 0.3) is 10.6 Å². The molecule has 0 bridgehead atoms. The second-order valence-electron chi connectivity index (χ2n) is 3.99. The molecule has 102 valence electrons. The summed E-state index contributed by atoms with van der Waals surface area (Å²) in [5, 5.41) is 38.9. The number of para-hydroxylation sites is 2. The Hall–Kier alpha value is -2.45. The minimum absolute atomic E-state index is 0.0175. The van der Waals surface area contributed by atoms with Crippen LogP contribution in [0.2, 0.25) is 0 Å². The van der Waals surface area contributed by atoms with Crippen LogP contribution in [0.5, 0.6) is 0 Å². The monoisotopic (exact) mass is 290 g/mol. The fraction of sp³-hybridized carbons (Fsp3) is 0.0833. The molecule has 0 aliphatic heterocycles. The van der Waals surface area contributed by atoms with Crippen molar-refractivity contribution in [3.8, 4) is 0 Å². The molecule has 2 aromatic heterocycles. The van der Waals surface area contributed by atoms with Crippen molar-refractivity contribution in [2.45, 2.75) is 6.61 Å². The van der Waals surface area contributed by atoms with Gasteiger partial charge in [0.2, 0.25) is 5.52 Å². The summed E-state index contributed by atoms with van der Waals surface area (Å²) in [4.78, 5) is 4.00. The van der Waals surface area contributed by atoms with E-state index in [1.54, 1.807) is 29.8 Å². The maximum absolute atomic E-state index is 12.4. The van der Waals surface area contributed by atoms with Crippen LogP contribution in [0, 0.1) is 10.4 Å². The van der Waals surface area contributed by atoms with Crippen molar-refractivity contribution in [3.05, 3.63) is 52.0 Å². The molecule has 1 aromatic carbocycles. The van der Waals surface area contributed by atoms with Crippen LogP contribution in [-0.4, -0.2) is 10.1 Å². The molecule has 0 fully saturated rings. The van der Waals surface area contributed by atoms with Crippen molar-refractivity contribution in [1.29, 1.82) is 0 Å². The van der Waals surface area contributed by atoms with E-state index < -0.39 is 6.61 Å². The fourth-order valence-electron chi connectivity index (χ4n) is 1.94. The Labute approximate surface area is 117 Å². The van der Waals surface area contributed by atoms with Crippen molar-refractivity contribution in [2.75, 3.05) is 5.32 Å². The van der Waals surface area contributed by atoms with Gasteiger partial charge in [-0.15, -0.1) is 0 Å². The quantitative estimate of drug-likeness (QED) is 0.549. The molecule has 3 aromatic rings. The van der Waals surface area contributed by atoms with Crippen LogP contribution < -0.4 is 14.8 Å². The van der Waals surface area contributed by atoms with Gasteiger partial charge in [0.05, 0.1) is 0 Å². The normalized spacial score (nSPS) is 10.8. The SMILES string of the molecule is [O-][n+]1c(CO)c(Nc2nccs2)[n+]([O-])c2ccccc21. The van der Waals surface area contributed by atoms with Crippen molar-refractivity contribution in [3.63, 3.8) is 0 Å². The first-order chi connectivity index (χ1) is 9.72. The van der Waals surface area contributed by atoms with Crippen LogP contribution in [0.25, 0.3) is 11.0 Å². The van der Waals surface area contributed by atoms with Gasteiger partial charge in [-0.2, -0.15) is 4.73 Å². The Bertz CT molecular complexity index is 761. The summed E-state index contributed by atoms with van der Waals surface area (Å²) < 4.78 is 1.15. The summed E-state index contributed by atoms with van der Waals surface area (Å²) in [7, 11) is 0.